The summed E-state index contributed by atoms with van der Waals surface area (Å²) in [5.74, 6) is -0.0473. The number of nitrogens with zero attached hydrogens (tertiary/aromatic N) is 1. The minimum Gasteiger partial charge on any atom is -0.456 e. The molecular formula is C21H16N2O3S2. The Morgan fingerprint density at radius 1 is 1.07 bits per heavy atom. The van der Waals surface area contributed by atoms with Crippen molar-refractivity contribution in [3.8, 4) is 0 Å². The standard InChI is InChI=1S/C21H16N2O3S2/c24-20-19-16(11-12-27-19)22-17(23-20)13-26-21(25)18(14-7-3-1-4-8-14)28-15-9-5-2-6-10-15/h1-12,18H,13H2,(H,22,23,24)/t18-/m1/s1. The molecule has 140 valence electrons. The summed E-state index contributed by atoms with van der Waals surface area (Å²) in [4.78, 5) is 32.9. The van der Waals surface area contributed by atoms with Gasteiger partial charge in [-0.05, 0) is 29.1 Å². The van der Waals surface area contributed by atoms with Crippen LogP contribution in [0, 0.1) is 0 Å². The van der Waals surface area contributed by atoms with E-state index >= 15 is 0 Å². The Kier molecular flexibility index (Phi) is 5.55. The number of H-pyrrole nitrogens is 1. The van der Waals surface area contributed by atoms with Crippen LogP contribution in [0.15, 0.2) is 81.8 Å². The Bertz CT molecular complexity index is 1140. The highest BCUT2D eigenvalue weighted by Crippen LogP contribution is 2.36. The Labute approximate surface area is 169 Å². The van der Waals surface area contributed by atoms with Crippen LogP contribution in [0.25, 0.3) is 10.2 Å². The largest absolute Gasteiger partial charge is 0.456 e. The average molecular weight is 409 g/mol. The van der Waals surface area contributed by atoms with Crippen molar-refractivity contribution in [1.82, 2.24) is 9.97 Å². The molecule has 0 aliphatic rings. The zero-order chi connectivity index (χ0) is 19.3. The Hall–Kier alpha value is -2.90. The van der Waals surface area contributed by atoms with Gasteiger partial charge in [-0.3, -0.25) is 9.59 Å². The summed E-state index contributed by atoms with van der Waals surface area (Å²) < 4.78 is 6.07. The Morgan fingerprint density at radius 3 is 2.54 bits per heavy atom. The van der Waals surface area contributed by atoms with E-state index < -0.39 is 5.25 Å². The number of aromatic nitrogens is 2. The van der Waals surface area contributed by atoms with E-state index in [1.807, 2.05) is 66.0 Å². The van der Waals surface area contributed by atoms with Gasteiger partial charge < -0.3 is 9.72 Å². The molecule has 2 aromatic heterocycles. The third kappa shape index (κ3) is 4.16. The van der Waals surface area contributed by atoms with Gasteiger partial charge in [0.1, 0.15) is 22.4 Å². The number of esters is 1. The van der Waals surface area contributed by atoms with Gasteiger partial charge in [-0.15, -0.1) is 23.1 Å². The molecule has 1 atom stereocenters. The molecule has 0 bridgehead atoms. The number of carbonyl (C=O) groups excluding carboxylic acids is 1. The first kappa shape index (κ1) is 18.5. The maximum absolute atomic E-state index is 12.9. The fourth-order valence-electron chi connectivity index (χ4n) is 2.72. The molecule has 2 aromatic carbocycles. The van der Waals surface area contributed by atoms with Gasteiger partial charge in [0.25, 0.3) is 5.56 Å². The van der Waals surface area contributed by atoms with Gasteiger partial charge in [0.15, 0.2) is 0 Å². The van der Waals surface area contributed by atoms with Crippen molar-refractivity contribution in [2.45, 2.75) is 16.8 Å². The van der Waals surface area contributed by atoms with Crippen molar-refractivity contribution in [2.24, 2.45) is 0 Å². The van der Waals surface area contributed by atoms with Crippen molar-refractivity contribution >= 4 is 39.3 Å². The number of ether oxygens (including phenoxy) is 1. The molecule has 0 fully saturated rings. The highest BCUT2D eigenvalue weighted by Gasteiger charge is 2.24. The monoisotopic (exact) mass is 408 g/mol. The molecule has 0 saturated heterocycles. The fourth-order valence-corrected chi connectivity index (χ4v) is 4.49. The second kappa shape index (κ2) is 8.41. The van der Waals surface area contributed by atoms with Crippen LogP contribution in [-0.2, 0) is 16.1 Å². The third-order valence-corrected chi connectivity index (χ3v) is 6.18. The minimum absolute atomic E-state index is 0.0848. The van der Waals surface area contributed by atoms with E-state index in [0.717, 1.165) is 10.5 Å². The van der Waals surface area contributed by atoms with Crippen LogP contribution in [0.5, 0.6) is 0 Å². The van der Waals surface area contributed by atoms with Gasteiger partial charge in [-0.2, -0.15) is 0 Å². The first-order valence-corrected chi connectivity index (χ1v) is 10.4. The van der Waals surface area contributed by atoms with Crippen molar-refractivity contribution in [1.29, 1.82) is 0 Å². The smallest absolute Gasteiger partial charge is 0.324 e. The summed E-state index contributed by atoms with van der Waals surface area (Å²) in [6.07, 6.45) is 0. The minimum atomic E-state index is -0.514. The second-order valence-electron chi connectivity index (χ2n) is 5.98. The predicted molar refractivity (Wildman–Crippen MR) is 112 cm³/mol. The number of hydrogen-bond acceptors (Lipinski definition) is 6. The molecule has 0 aliphatic carbocycles. The molecule has 0 spiro atoms. The second-order valence-corrected chi connectivity index (χ2v) is 8.07. The lowest BCUT2D eigenvalue weighted by molar-refractivity contribution is -0.144. The van der Waals surface area contributed by atoms with Crippen LogP contribution in [0.4, 0.5) is 0 Å². The molecule has 2 heterocycles. The molecule has 0 radical (unpaired) electrons. The molecule has 28 heavy (non-hydrogen) atoms. The van der Waals surface area contributed by atoms with Gasteiger partial charge in [0.2, 0.25) is 0 Å². The first-order chi connectivity index (χ1) is 13.7. The topological polar surface area (TPSA) is 72.0 Å². The molecule has 4 rings (SSSR count). The quantitative estimate of drug-likeness (QED) is 0.374. The lowest BCUT2D eigenvalue weighted by Crippen LogP contribution is -2.16. The molecule has 0 aliphatic heterocycles. The van der Waals surface area contributed by atoms with Gasteiger partial charge in [0, 0.05) is 4.90 Å². The van der Waals surface area contributed by atoms with Crippen molar-refractivity contribution in [3.05, 3.63) is 93.9 Å². The highest BCUT2D eigenvalue weighted by molar-refractivity contribution is 8.00. The van der Waals surface area contributed by atoms with E-state index in [9.17, 15) is 9.59 Å². The summed E-state index contributed by atoms with van der Waals surface area (Å²) in [6.45, 7) is -0.0848. The molecule has 0 amide bonds. The summed E-state index contributed by atoms with van der Waals surface area (Å²) in [7, 11) is 0. The van der Waals surface area contributed by atoms with E-state index in [2.05, 4.69) is 9.97 Å². The van der Waals surface area contributed by atoms with Gasteiger partial charge in [0.05, 0.1) is 5.52 Å². The normalized spacial score (nSPS) is 12.0. The van der Waals surface area contributed by atoms with Gasteiger partial charge in [-0.25, -0.2) is 4.98 Å². The summed E-state index contributed by atoms with van der Waals surface area (Å²) in [6, 6.07) is 21.0. The Balaban J connectivity index is 1.54. The van der Waals surface area contributed by atoms with Gasteiger partial charge in [-0.1, -0.05) is 48.5 Å². The maximum atomic E-state index is 12.9. The molecule has 0 saturated carbocycles. The van der Waals surface area contributed by atoms with E-state index in [-0.39, 0.29) is 18.1 Å². The fraction of sp³-hybridized carbons (Fsp3) is 0.0952. The summed E-state index contributed by atoms with van der Waals surface area (Å²) in [5, 5.41) is 1.30. The number of rotatable bonds is 6. The molecule has 5 nitrogen and oxygen atoms in total. The van der Waals surface area contributed by atoms with Crippen molar-refractivity contribution in [2.75, 3.05) is 0 Å². The molecule has 7 heteroatoms. The van der Waals surface area contributed by atoms with Crippen LogP contribution in [0.1, 0.15) is 16.6 Å². The van der Waals surface area contributed by atoms with Gasteiger partial charge >= 0.3 is 5.97 Å². The molecule has 4 aromatic rings. The molecular weight excluding hydrogens is 392 g/mol. The predicted octanol–water partition coefficient (Wildman–Crippen LogP) is 4.56. The number of benzene rings is 2. The van der Waals surface area contributed by atoms with Crippen molar-refractivity contribution in [3.63, 3.8) is 0 Å². The van der Waals surface area contributed by atoms with Crippen LogP contribution in [-0.4, -0.2) is 15.9 Å². The van der Waals surface area contributed by atoms with E-state index in [0.29, 0.717) is 16.0 Å². The zero-order valence-corrected chi connectivity index (χ0v) is 16.3. The van der Waals surface area contributed by atoms with Crippen LogP contribution < -0.4 is 5.56 Å². The number of aromatic amines is 1. The maximum Gasteiger partial charge on any atom is 0.324 e. The lowest BCUT2D eigenvalue weighted by atomic mass is 10.1. The number of thiophene rings is 1. The number of carbonyl (C=O) groups is 1. The Morgan fingerprint density at radius 2 is 1.79 bits per heavy atom. The molecule has 1 N–H and O–H groups in total. The van der Waals surface area contributed by atoms with Crippen LogP contribution in [0.2, 0.25) is 0 Å². The van der Waals surface area contributed by atoms with E-state index in [4.69, 9.17) is 4.74 Å². The first-order valence-electron chi connectivity index (χ1n) is 8.60. The summed E-state index contributed by atoms with van der Waals surface area (Å²) in [5.41, 5.74) is 1.25. The number of thioether (sulfide) groups is 1. The number of fused-ring (bicyclic) bond motifs is 1. The third-order valence-electron chi connectivity index (χ3n) is 4.03. The number of hydrogen-bond donors (Lipinski definition) is 1. The van der Waals surface area contributed by atoms with Crippen LogP contribution >= 0.6 is 23.1 Å². The van der Waals surface area contributed by atoms with Crippen LogP contribution in [0.3, 0.4) is 0 Å². The average Bonchev–Trinajstić information content (AvgIpc) is 3.21. The summed E-state index contributed by atoms with van der Waals surface area (Å²) >= 11 is 2.76. The lowest BCUT2D eigenvalue weighted by Gasteiger charge is -2.16. The zero-order valence-electron chi connectivity index (χ0n) is 14.7. The van der Waals surface area contributed by atoms with Crippen molar-refractivity contribution < 1.29 is 9.53 Å². The van der Waals surface area contributed by atoms with E-state index in [1.54, 1.807) is 6.07 Å². The van der Waals surface area contributed by atoms with E-state index in [1.165, 1.54) is 23.1 Å². The number of nitrogens with one attached hydrogen (secondary N) is 1. The highest BCUT2D eigenvalue weighted by atomic mass is 32.2. The molecule has 0 unspecified atom stereocenters. The SMILES string of the molecule is O=C(OCc1nc2ccsc2c(=O)[nH]1)[C@H](Sc1ccccc1)c1ccccc1.